The Morgan fingerprint density at radius 2 is 1.89 bits per heavy atom. The first-order chi connectivity index (χ1) is 16.9. The molecule has 2 aliphatic heterocycles. The second kappa shape index (κ2) is 9.23. The summed E-state index contributed by atoms with van der Waals surface area (Å²) in [4.78, 5) is 9.97. The van der Waals surface area contributed by atoms with Gasteiger partial charge in [0, 0.05) is 12.1 Å². The summed E-state index contributed by atoms with van der Waals surface area (Å²) in [6.07, 6.45) is 0.140. The molecule has 2 atom stereocenters. The van der Waals surface area contributed by atoms with Gasteiger partial charge >= 0.3 is 16.1 Å². The molecule has 4 rings (SSSR count). The fraction of sp³-hybridized carbons (Fsp3) is 0.381. The molecule has 7 nitrogen and oxygen atoms in total. The molecule has 2 aromatic rings. The molecule has 1 unspecified atom stereocenters. The predicted octanol–water partition coefficient (Wildman–Crippen LogP) is 4.22. The van der Waals surface area contributed by atoms with Crippen molar-refractivity contribution in [3.63, 3.8) is 0 Å². The lowest BCUT2D eigenvalue weighted by molar-refractivity contribution is -0.0435. The zero-order valence-corrected chi connectivity index (χ0v) is 18.9. The number of amidine groups is 1. The van der Waals surface area contributed by atoms with Crippen LogP contribution in [0.1, 0.15) is 12.1 Å². The highest BCUT2D eigenvalue weighted by Gasteiger charge is 2.55. The van der Waals surface area contributed by atoms with Gasteiger partial charge in [-0.05, 0) is 18.2 Å². The maximum Gasteiger partial charge on any atom is 0.509 e. The van der Waals surface area contributed by atoms with Gasteiger partial charge in [-0.15, -0.1) is 8.42 Å². The van der Waals surface area contributed by atoms with Gasteiger partial charge in [-0.1, -0.05) is 11.2 Å². The standard InChI is InChI=1S/C21H16F7N4O3S/c22-9-20(19-14(4-13(24)7-29-19)18-15(25)2-1-3-16(18)26)5-17(31-35-20)32-8-12(21(27,28)10-32)6-30-36(33,34)11-23/h1-4,7,12H,5,8-11H2/q+1/t12?,20-/m1/s1. The maximum atomic E-state index is 14.5. The van der Waals surface area contributed by atoms with Crippen molar-refractivity contribution in [1.82, 2.24) is 9.88 Å². The molecule has 192 valence electrons. The van der Waals surface area contributed by atoms with Crippen LogP contribution in [-0.4, -0.2) is 55.8 Å². The van der Waals surface area contributed by atoms with Gasteiger partial charge < -0.3 is 9.74 Å². The third kappa shape index (κ3) is 4.69. The summed E-state index contributed by atoms with van der Waals surface area (Å²) < 4.78 is 124. The van der Waals surface area contributed by atoms with Gasteiger partial charge in [0.2, 0.25) is 5.60 Å². The Hall–Kier alpha value is -3.41. The van der Waals surface area contributed by atoms with Gasteiger partial charge in [0.15, 0.2) is 5.92 Å². The van der Waals surface area contributed by atoms with Gasteiger partial charge in [-0.3, -0.25) is 4.98 Å². The summed E-state index contributed by atoms with van der Waals surface area (Å²) >= 11 is 0. The van der Waals surface area contributed by atoms with Crippen molar-refractivity contribution in [2.45, 2.75) is 17.9 Å². The number of halogens is 7. The van der Waals surface area contributed by atoms with Crippen molar-refractivity contribution < 1.29 is 44.0 Å². The van der Waals surface area contributed by atoms with Crippen LogP contribution in [-0.2, 0) is 20.5 Å². The van der Waals surface area contributed by atoms with Gasteiger partial charge in [0.05, 0.1) is 34.7 Å². The lowest BCUT2D eigenvalue weighted by atomic mass is 9.89. The first kappa shape index (κ1) is 25.7. The summed E-state index contributed by atoms with van der Waals surface area (Å²) in [5.74, 6) is -8.79. The number of hydrogen-bond acceptors (Lipinski definition) is 6. The topological polar surface area (TPSA) is 76.2 Å². The third-order valence-electron chi connectivity index (χ3n) is 5.67. The van der Waals surface area contributed by atoms with E-state index in [0.29, 0.717) is 6.20 Å². The molecule has 0 N–H and O–H groups in total. The smallest absolute Gasteiger partial charge is 0.378 e. The highest BCUT2D eigenvalue weighted by atomic mass is 32.2. The molecule has 0 saturated carbocycles. The summed E-state index contributed by atoms with van der Waals surface area (Å²) in [6.45, 7) is -2.96. The van der Waals surface area contributed by atoms with Crippen LogP contribution >= 0.6 is 0 Å². The molecule has 3 heterocycles. The van der Waals surface area contributed by atoms with E-state index in [4.69, 9.17) is 4.84 Å². The Labute approximate surface area is 200 Å². The second-order valence-corrected chi connectivity index (χ2v) is 9.72. The highest BCUT2D eigenvalue weighted by molar-refractivity contribution is 7.93. The Bertz CT molecular complexity index is 1370. The Morgan fingerprint density at radius 1 is 1.19 bits per heavy atom. The monoisotopic (exact) mass is 537 g/mol. The highest BCUT2D eigenvalue weighted by Crippen LogP contribution is 2.43. The summed E-state index contributed by atoms with van der Waals surface area (Å²) in [5, 5.41) is 3.66. The summed E-state index contributed by atoms with van der Waals surface area (Å²) in [7, 11) is -4.60. The molecule has 1 aromatic heterocycles. The summed E-state index contributed by atoms with van der Waals surface area (Å²) in [5.41, 5.74) is -3.70. The minimum Gasteiger partial charge on any atom is -0.378 e. The second-order valence-electron chi connectivity index (χ2n) is 8.16. The molecule has 0 bridgehead atoms. The van der Waals surface area contributed by atoms with Crippen LogP contribution < -0.4 is 0 Å². The summed E-state index contributed by atoms with van der Waals surface area (Å²) in [6, 6.07) is 3.45. The van der Waals surface area contributed by atoms with Crippen LogP contribution in [0.2, 0.25) is 0 Å². The number of benzene rings is 1. The van der Waals surface area contributed by atoms with E-state index in [1.165, 1.54) is 0 Å². The molecule has 15 heteroatoms. The number of aromatic nitrogens is 1. The van der Waals surface area contributed by atoms with E-state index in [1.807, 2.05) is 0 Å². The zero-order valence-electron chi connectivity index (χ0n) is 18.1. The first-order valence-corrected chi connectivity index (χ1v) is 11.8. The van der Waals surface area contributed by atoms with Gasteiger partial charge in [-0.2, -0.15) is 0 Å². The molecule has 0 aliphatic carbocycles. The van der Waals surface area contributed by atoms with Crippen LogP contribution in [0.15, 0.2) is 35.6 Å². The van der Waals surface area contributed by atoms with E-state index in [9.17, 15) is 39.2 Å². The fourth-order valence-electron chi connectivity index (χ4n) is 3.92. The van der Waals surface area contributed by atoms with E-state index >= 15 is 0 Å². The fourth-order valence-corrected chi connectivity index (χ4v) is 4.26. The minimum atomic E-state index is -4.60. The molecular formula is C21H16F7N4O3S+. The van der Waals surface area contributed by atoms with E-state index < -0.39 is 93.9 Å². The van der Waals surface area contributed by atoms with Crippen LogP contribution in [0.4, 0.5) is 30.7 Å². The van der Waals surface area contributed by atoms with Crippen LogP contribution in [0.3, 0.4) is 0 Å². The molecular weight excluding hydrogens is 521 g/mol. The van der Waals surface area contributed by atoms with E-state index in [2.05, 4.69) is 14.4 Å². The Kier molecular flexibility index (Phi) is 6.58. The van der Waals surface area contributed by atoms with Crippen molar-refractivity contribution >= 4 is 15.9 Å². The Morgan fingerprint density at radius 3 is 2.53 bits per heavy atom. The zero-order chi connectivity index (χ0) is 26.3. The number of nitrogens with zero attached hydrogens (tertiary/aromatic N) is 4. The molecule has 0 amide bonds. The number of hydrogen-bond donors (Lipinski definition) is 0. The lowest BCUT2D eigenvalue weighted by Gasteiger charge is -2.26. The molecule has 0 spiro atoms. The molecule has 1 fully saturated rings. The predicted molar refractivity (Wildman–Crippen MR) is 112 cm³/mol. The number of rotatable bonds is 4. The lowest BCUT2D eigenvalue weighted by Crippen LogP contribution is -2.36. The largest absolute Gasteiger partial charge is 0.509 e. The average molecular weight is 537 g/mol. The minimum absolute atomic E-state index is 0.212. The number of likely N-dealkylation sites (tertiary alicyclic amines) is 1. The number of alkyl halides is 4. The average Bonchev–Trinajstić information content (AvgIpc) is 3.39. The van der Waals surface area contributed by atoms with E-state index in [1.54, 1.807) is 6.07 Å². The first-order valence-electron chi connectivity index (χ1n) is 10.2. The number of pyridine rings is 1. The molecule has 1 aromatic carbocycles. The number of oxime groups is 1. The van der Waals surface area contributed by atoms with Crippen molar-refractivity contribution in [2.75, 3.05) is 25.8 Å². The van der Waals surface area contributed by atoms with Crippen LogP contribution in [0, 0.1) is 29.4 Å². The maximum absolute atomic E-state index is 14.5. The van der Waals surface area contributed by atoms with Crippen molar-refractivity contribution in [1.29, 1.82) is 0 Å². The van der Waals surface area contributed by atoms with Crippen LogP contribution in [0.5, 0.6) is 0 Å². The quantitative estimate of drug-likeness (QED) is 0.546. The molecule has 2 aliphatic rings. The SMILES string of the molecule is O=S(=O)(CF)[N+]#CC1CN(C2=NO[C@](CF)(c3ncc(F)cc3-c3c(F)cccc3F)C2)CC1(F)F. The van der Waals surface area contributed by atoms with Gasteiger partial charge in [0.25, 0.3) is 11.9 Å². The van der Waals surface area contributed by atoms with Gasteiger partial charge in [-0.25, -0.2) is 30.7 Å². The van der Waals surface area contributed by atoms with Crippen molar-refractivity contribution in [2.24, 2.45) is 11.1 Å². The molecule has 0 radical (unpaired) electrons. The van der Waals surface area contributed by atoms with Gasteiger partial charge in [0.1, 0.15) is 30.0 Å². The number of sulfonamides is 1. The van der Waals surface area contributed by atoms with Crippen molar-refractivity contribution in [3.05, 3.63) is 57.9 Å². The third-order valence-corrected chi connectivity index (χ3v) is 6.33. The molecule has 36 heavy (non-hydrogen) atoms. The molecule has 1 saturated heterocycles. The normalized spacial score (nSPS) is 23.1. The van der Waals surface area contributed by atoms with Crippen molar-refractivity contribution in [3.8, 4) is 17.2 Å². The Balaban J connectivity index is 1.66. The van der Waals surface area contributed by atoms with Crippen LogP contribution in [0.25, 0.3) is 15.4 Å². The van der Waals surface area contributed by atoms with E-state index in [-0.39, 0.29) is 5.84 Å². The van der Waals surface area contributed by atoms with E-state index in [0.717, 1.165) is 29.2 Å².